The average molecular weight is 255 g/mol. The van der Waals surface area contributed by atoms with E-state index < -0.39 is 12.5 Å². The maximum Gasteiger partial charge on any atom is 0.340 e. The summed E-state index contributed by atoms with van der Waals surface area (Å²) in [5.41, 5.74) is 6.07. The van der Waals surface area contributed by atoms with E-state index in [-0.39, 0.29) is 28.8 Å². The molecule has 0 spiro atoms. The minimum absolute atomic E-state index is 0.0706. The molecule has 0 radical (unpaired) electrons. The minimum atomic E-state index is -2.78. The summed E-state index contributed by atoms with van der Waals surface area (Å²) >= 11 is 0. The molecule has 0 saturated carbocycles. The number of aromatic nitrogens is 2. The van der Waals surface area contributed by atoms with Gasteiger partial charge in [-0.25, -0.2) is 9.48 Å². The van der Waals surface area contributed by atoms with Crippen LogP contribution in [0.15, 0.2) is 18.3 Å². The lowest BCUT2D eigenvalue weighted by molar-refractivity contribution is 0.0528. The van der Waals surface area contributed by atoms with Crippen molar-refractivity contribution in [3.63, 3.8) is 0 Å². The fourth-order valence-corrected chi connectivity index (χ4v) is 1.72. The van der Waals surface area contributed by atoms with Gasteiger partial charge in [0, 0.05) is 11.1 Å². The molecule has 2 N–H and O–H groups in total. The molecule has 0 bridgehead atoms. The lowest BCUT2D eigenvalue weighted by atomic mass is 10.1. The Morgan fingerprint density at radius 3 is 2.89 bits per heavy atom. The highest BCUT2D eigenvalue weighted by atomic mass is 19.3. The molecular weight excluding hydrogens is 244 g/mol. The first-order valence-electron chi connectivity index (χ1n) is 5.27. The van der Waals surface area contributed by atoms with E-state index in [1.165, 1.54) is 18.3 Å². The van der Waals surface area contributed by atoms with Crippen LogP contribution in [0.3, 0.4) is 0 Å². The van der Waals surface area contributed by atoms with Crippen LogP contribution in [-0.4, -0.2) is 22.4 Å². The molecule has 1 heterocycles. The first-order chi connectivity index (χ1) is 8.56. The van der Waals surface area contributed by atoms with Gasteiger partial charge in [0.25, 0.3) is 0 Å². The molecule has 0 unspecified atom stereocenters. The summed E-state index contributed by atoms with van der Waals surface area (Å²) in [7, 11) is 0. The van der Waals surface area contributed by atoms with Gasteiger partial charge >= 0.3 is 12.5 Å². The van der Waals surface area contributed by atoms with Gasteiger partial charge in [0.05, 0.1) is 23.9 Å². The quantitative estimate of drug-likeness (QED) is 0.674. The van der Waals surface area contributed by atoms with E-state index >= 15 is 0 Å². The Bertz CT molecular complexity index is 595. The Morgan fingerprint density at radius 2 is 2.28 bits per heavy atom. The number of nitrogens with two attached hydrogens (primary N) is 1. The SMILES string of the molecule is CCOC(=O)c1c(N)ccc2c1cnn2C(F)F. The van der Waals surface area contributed by atoms with Crippen molar-refractivity contribution >= 4 is 22.6 Å². The van der Waals surface area contributed by atoms with Crippen molar-refractivity contribution in [2.24, 2.45) is 0 Å². The summed E-state index contributed by atoms with van der Waals surface area (Å²) in [6.07, 6.45) is 1.18. The van der Waals surface area contributed by atoms with Gasteiger partial charge in [-0.3, -0.25) is 0 Å². The lowest BCUT2D eigenvalue weighted by Crippen LogP contribution is -2.09. The van der Waals surface area contributed by atoms with Crippen LogP contribution in [0.2, 0.25) is 0 Å². The number of carbonyl (C=O) groups excluding carboxylic acids is 1. The summed E-state index contributed by atoms with van der Waals surface area (Å²) in [4.78, 5) is 11.7. The van der Waals surface area contributed by atoms with Gasteiger partial charge < -0.3 is 10.5 Å². The predicted molar refractivity (Wildman–Crippen MR) is 61.4 cm³/mol. The maximum absolute atomic E-state index is 12.7. The fourth-order valence-electron chi connectivity index (χ4n) is 1.72. The molecule has 2 aromatic rings. The van der Waals surface area contributed by atoms with Crippen LogP contribution in [0.4, 0.5) is 14.5 Å². The Hall–Kier alpha value is -2.18. The van der Waals surface area contributed by atoms with Crippen LogP contribution < -0.4 is 5.73 Å². The molecule has 1 aromatic carbocycles. The zero-order valence-electron chi connectivity index (χ0n) is 9.56. The van der Waals surface area contributed by atoms with Crippen molar-refractivity contribution in [3.05, 3.63) is 23.9 Å². The number of benzene rings is 1. The largest absolute Gasteiger partial charge is 0.462 e. The third-order valence-corrected chi connectivity index (χ3v) is 2.48. The number of nitrogens with zero attached hydrogens (tertiary/aromatic N) is 2. The van der Waals surface area contributed by atoms with E-state index in [1.54, 1.807) is 6.92 Å². The normalized spacial score (nSPS) is 11.1. The highest BCUT2D eigenvalue weighted by molar-refractivity contribution is 6.08. The monoisotopic (exact) mass is 255 g/mol. The first kappa shape index (κ1) is 12.3. The number of esters is 1. The van der Waals surface area contributed by atoms with Crippen molar-refractivity contribution in [1.29, 1.82) is 0 Å². The van der Waals surface area contributed by atoms with E-state index in [4.69, 9.17) is 10.5 Å². The van der Waals surface area contributed by atoms with E-state index in [1.807, 2.05) is 0 Å². The van der Waals surface area contributed by atoms with Gasteiger partial charge in [-0.1, -0.05) is 0 Å². The summed E-state index contributed by atoms with van der Waals surface area (Å²) in [6.45, 7) is -0.949. The molecule has 0 fully saturated rings. The molecule has 1 aromatic heterocycles. The number of hydrogen-bond donors (Lipinski definition) is 1. The van der Waals surface area contributed by atoms with Crippen molar-refractivity contribution in [3.8, 4) is 0 Å². The highest BCUT2D eigenvalue weighted by Gasteiger charge is 2.20. The molecule has 7 heteroatoms. The molecule has 5 nitrogen and oxygen atoms in total. The van der Waals surface area contributed by atoms with Crippen LogP contribution in [0.25, 0.3) is 10.9 Å². The smallest absolute Gasteiger partial charge is 0.340 e. The number of halogens is 2. The molecule has 0 amide bonds. The van der Waals surface area contributed by atoms with Crippen molar-refractivity contribution in [1.82, 2.24) is 9.78 Å². The number of carbonyl (C=O) groups is 1. The van der Waals surface area contributed by atoms with Crippen molar-refractivity contribution in [2.75, 3.05) is 12.3 Å². The maximum atomic E-state index is 12.7. The summed E-state index contributed by atoms with van der Waals surface area (Å²) in [5, 5.41) is 3.80. The summed E-state index contributed by atoms with van der Waals surface area (Å²) in [6, 6.07) is 2.78. The van der Waals surface area contributed by atoms with E-state index in [0.29, 0.717) is 4.68 Å². The Labute approximate surface area is 101 Å². The summed E-state index contributed by atoms with van der Waals surface area (Å²) < 4.78 is 30.7. The second kappa shape index (κ2) is 4.59. The number of fused-ring (bicyclic) bond motifs is 1. The van der Waals surface area contributed by atoms with Crippen LogP contribution in [0.1, 0.15) is 23.8 Å². The predicted octanol–water partition coefficient (Wildman–Crippen LogP) is 2.19. The highest BCUT2D eigenvalue weighted by Crippen LogP contribution is 2.27. The number of ether oxygens (including phenoxy) is 1. The number of alkyl halides is 2. The summed E-state index contributed by atoms with van der Waals surface area (Å²) in [5.74, 6) is -0.644. The Kier molecular flexibility index (Phi) is 3.14. The second-order valence-electron chi connectivity index (χ2n) is 3.55. The van der Waals surface area contributed by atoms with Gasteiger partial charge in [-0.05, 0) is 19.1 Å². The topological polar surface area (TPSA) is 70.1 Å². The minimum Gasteiger partial charge on any atom is -0.462 e. The van der Waals surface area contributed by atoms with Gasteiger partial charge in [0.2, 0.25) is 0 Å². The van der Waals surface area contributed by atoms with Gasteiger partial charge in [0.15, 0.2) is 0 Å². The van der Waals surface area contributed by atoms with Crippen LogP contribution in [0.5, 0.6) is 0 Å². The third-order valence-electron chi connectivity index (χ3n) is 2.48. The lowest BCUT2D eigenvalue weighted by Gasteiger charge is -2.07. The molecule has 0 aliphatic rings. The number of hydrogen-bond acceptors (Lipinski definition) is 4. The molecule has 0 saturated heterocycles. The Balaban J connectivity index is 2.65. The number of rotatable bonds is 3. The number of nitrogen functional groups attached to an aromatic ring is 1. The van der Waals surface area contributed by atoms with Crippen LogP contribution in [-0.2, 0) is 4.74 Å². The zero-order valence-corrected chi connectivity index (χ0v) is 9.56. The Morgan fingerprint density at radius 1 is 1.56 bits per heavy atom. The van der Waals surface area contributed by atoms with E-state index in [0.717, 1.165) is 0 Å². The van der Waals surface area contributed by atoms with Gasteiger partial charge in [-0.2, -0.15) is 13.9 Å². The first-order valence-corrected chi connectivity index (χ1v) is 5.27. The third kappa shape index (κ3) is 1.87. The van der Waals surface area contributed by atoms with E-state index in [2.05, 4.69) is 5.10 Å². The standard InChI is InChI=1S/C11H11F2N3O2/c1-2-18-10(17)9-6-5-15-16(11(12)13)8(6)4-3-7(9)14/h3-5,11H,2,14H2,1H3. The second-order valence-corrected chi connectivity index (χ2v) is 3.55. The van der Waals surface area contributed by atoms with Crippen LogP contribution in [0, 0.1) is 0 Å². The molecular formula is C11H11F2N3O2. The zero-order chi connectivity index (χ0) is 13.3. The molecule has 0 aliphatic carbocycles. The number of anilines is 1. The molecule has 96 valence electrons. The van der Waals surface area contributed by atoms with E-state index in [9.17, 15) is 13.6 Å². The fraction of sp³-hybridized carbons (Fsp3) is 0.273. The molecule has 2 rings (SSSR count). The molecule has 0 aliphatic heterocycles. The van der Waals surface area contributed by atoms with Gasteiger partial charge in [-0.15, -0.1) is 0 Å². The van der Waals surface area contributed by atoms with Crippen molar-refractivity contribution in [2.45, 2.75) is 13.5 Å². The average Bonchev–Trinajstić information content (AvgIpc) is 2.72. The van der Waals surface area contributed by atoms with Gasteiger partial charge in [0.1, 0.15) is 0 Å². The van der Waals surface area contributed by atoms with Crippen LogP contribution >= 0.6 is 0 Å². The molecule has 0 atom stereocenters. The molecule has 18 heavy (non-hydrogen) atoms. The van der Waals surface area contributed by atoms with Crippen molar-refractivity contribution < 1.29 is 18.3 Å².